The fourth-order valence-corrected chi connectivity index (χ4v) is 4.29. The minimum atomic E-state index is -3.87. The summed E-state index contributed by atoms with van der Waals surface area (Å²) in [7, 11) is -3.87. The largest absolute Gasteiger partial charge is 0.381 e. The van der Waals surface area contributed by atoms with Gasteiger partial charge in [-0.25, -0.2) is 22.2 Å². The van der Waals surface area contributed by atoms with Crippen LogP contribution in [0.25, 0.3) is 10.9 Å². The van der Waals surface area contributed by atoms with Crippen molar-refractivity contribution < 1.29 is 22.0 Å². The van der Waals surface area contributed by atoms with Crippen LogP contribution >= 0.6 is 0 Å². The molecule has 2 heterocycles. The van der Waals surface area contributed by atoms with E-state index in [9.17, 15) is 22.0 Å². The Hall–Kier alpha value is -3.92. The first-order valence-electron chi connectivity index (χ1n) is 9.69. The summed E-state index contributed by atoms with van der Waals surface area (Å²) in [5.41, 5.74) is 6.78. The van der Waals surface area contributed by atoms with Crippen LogP contribution in [0.1, 0.15) is 15.9 Å². The number of sulfone groups is 1. The summed E-state index contributed by atoms with van der Waals surface area (Å²) in [6.45, 7) is -0.0726. The number of hydrogen-bond acceptors (Lipinski definition) is 6. The molecule has 2 aromatic carbocycles. The average molecular weight is 468 g/mol. The molecule has 2 aromatic heterocycles. The number of carbonyl (C=O) groups excluding carboxylic acids is 1. The molecule has 0 fully saturated rings. The lowest BCUT2D eigenvalue weighted by atomic mass is 10.1. The topological polar surface area (TPSA) is 106 Å². The van der Waals surface area contributed by atoms with Gasteiger partial charge in [0, 0.05) is 24.0 Å². The third-order valence-electron chi connectivity index (χ3n) is 4.97. The Kier molecular flexibility index (Phi) is 5.77. The van der Waals surface area contributed by atoms with E-state index in [1.165, 1.54) is 35.5 Å². The number of anilines is 2. The number of halogens is 2. The van der Waals surface area contributed by atoms with Crippen molar-refractivity contribution in [1.29, 1.82) is 0 Å². The second kappa shape index (κ2) is 8.55. The lowest BCUT2D eigenvalue weighted by Gasteiger charge is -2.25. The van der Waals surface area contributed by atoms with Gasteiger partial charge in [-0.15, -0.1) is 0 Å². The standard InChI is InChI=1S/C23H18F2N4O3S/c1-33(31,32)21-11-17(24)6-7-20(21)29(23(30)16-3-2-8-27-12-16)13-14-4-5-15-10-18(25)22(26)28-19(15)9-14/h2-12H,13H2,1H3,(H2,26,28). The molecule has 0 spiro atoms. The van der Waals surface area contributed by atoms with Gasteiger partial charge in [-0.05, 0) is 48.0 Å². The van der Waals surface area contributed by atoms with Gasteiger partial charge in [0.05, 0.1) is 28.2 Å². The number of amides is 1. The molecule has 0 aliphatic heterocycles. The Morgan fingerprint density at radius 2 is 1.88 bits per heavy atom. The number of nitrogens with two attached hydrogens (primary N) is 1. The number of nitrogen functional groups attached to an aromatic ring is 1. The molecule has 168 valence electrons. The molecule has 0 atom stereocenters. The van der Waals surface area contributed by atoms with Crippen LogP contribution in [0.5, 0.6) is 0 Å². The van der Waals surface area contributed by atoms with Crippen LogP contribution in [-0.2, 0) is 16.4 Å². The molecule has 33 heavy (non-hydrogen) atoms. The van der Waals surface area contributed by atoms with Gasteiger partial charge < -0.3 is 10.6 Å². The monoisotopic (exact) mass is 468 g/mol. The molecule has 0 saturated heterocycles. The molecule has 4 rings (SSSR count). The molecule has 1 amide bonds. The van der Waals surface area contributed by atoms with Crippen molar-refractivity contribution in [1.82, 2.24) is 9.97 Å². The van der Waals surface area contributed by atoms with E-state index in [1.807, 2.05) is 0 Å². The van der Waals surface area contributed by atoms with Crippen molar-refractivity contribution in [2.45, 2.75) is 11.4 Å². The third kappa shape index (κ3) is 4.65. The summed E-state index contributed by atoms with van der Waals surface area (Å²) < 4.78 is 52.4. The van der Waals surface area contributed by atoms with Crippen LogP contribution in [0.15, 0.2) is 71.9 Å². The predicted octanol–water partition coefficient (Wildman–Crippen LogP) is 3.74. The zero-order valence-corrected chi connectivity index (χ0v) is 18.2. The van der Waals surface area contributed by atoms with Gasteiger partial charge in [-0.3, -0.25) is 9.78 Å². The molecule has 0 aliphatic rings. The van der Waals surface area contributed by atoms with Gasteiger partial charge in [0.25, 0.3) is 5.91 Å². The van der Waals surface area contributed by atoms with Crippen molar-refractivity contribution in [3.63, 3.8) is 0 Å². The summed E-state index contributed by atoms with van der Waals surface area (Å²) in [4.78, 5) is 22.3. The minimum Gasteiger partial charge on any atom is -0.381 e. The first-order chi connectivity index (χ1) is 15.6. The molecule has 0 bridgehead atoms. The van der Waals surface area contributed by atoms with Crippen molar-refractivity contribution in [3.05, 3.63) is 89.8 Å². The van der Waals surface area contributed by atoms with Gasteiger partial charge in [0.1, 0.15) is 5.82 Å². The summed E-state index contributed by atoms with van der Waals surface area (Å²) in [6.07, 6.45) is 3.79. The Bertz CT molecular complexity index is 1480. The summed E-state index contributed by atoms with van der Waals surface area (Å²) in [6, 6.07) is 12.5. The molecule has 2 N–H and O–H groups in total. The van der Waals surface area contributed by atoms with Crippen LogP contribution in [0.4, 0.5) is 20.3 Å². The predicted molar refractivity (Wildman–Crippen MR) is 120 cm³/mol. The van der Waals surface area contributed by atoms with Gasteiger partial charge in [-0.2, -0.15) is 0 Å². The van der Waals surface area contributed by atoms with Gasteiger partial charge in [0.2, 0.25) is 0 Å². The highest BCUT2D eigenvalue weighted by molar-refractivity contribution is 7.90. The van der Waals surface area contributed by atoms with Crippen molar-refractivity contribution in [2.75, 3.05) is 16.9 Å². The molecular weight excluding hydrogens is 450 g/mol. The van der Waals surface area contributed by atoms with Crippen LogP contribution in [0.3, 0.4) is 0 Å². The quantitative estimate of drug-likeness (QED) is 0.478. The van der Waals surface area contributed by atoms with Crippen LogP contribution in [0.2, 0.25) is 0 Å². The van der Waals surface area contributed by atoms with E-state index in [0.717, 1.165) is 18.4 Å². The molecular formula is C23H18F2N4O3S. The van der Waals surface area contributed by atoms with E-state index in [0.29, 0.717) is 16.5 Å². The second-order valence-electron chi connectivity index (χ2n) is 7.40. The Balaban J connectivity index is 1.85. The van der Waals surface area contributed by atoms with Crippen molar-refractivity contribution >= 4 is 38.2 Å². The zero-order valence-electron chi connectivity index (χ0n) is 17.4. The van der Waals surface area contributed by atoms with Crippen LogP contribution < -0.4 is 10.6 Å². The molecule has 4 aromatic rings. The number of hydrogen-bond donors (Lipinski definition) is 1. The number of fused-ring (bicyclic) bond motifs is 1. The Morgan fingerprint density at radius 1 is 1.09 bits per heavy atom. The average Bonchev–Trinajstić information content (AvgIpc) is 2.78. The Morgan fingerprint density at radius 3 is 2.58 bits per heavy atom. The smallest absolute Gasteiger partial charge is 0.260 e. The van der Waals surface area contributed by atoms with Crippen LogP contribution in [-0.4, -0.2) is 30.5 Å². The highest BCUT2D eigenvalue weighted by Gasteiger charge is 2.25. The van der Waals surface area contributed by atoms with Crippen molar-refractivity contribution in [2.24, 2.45) is 0 Å². The van der Waals surface area contributed by atoms with E-state index < -0.39 is 27.4 Å². The highest BCUT2D eigenvalue weighted by Crippen LogP contribution is 2.30. The van der Waals surface area contributed by atoms with E-state index in [-0.39, 0.29) is 28.5 Å². The molecule has 7 nitrogen and oxygen atoms in total. The van der Waals surface area contributed by atoms with Gasteiger partial charge >= 0.3 is 0 Å². The zero-order chi connectivity index (χ0) is 23.8. The minimum absolute atomic E-state index is 0.0134. The van der Waals surface area contributed by atoms with E-state index in [4.69, 9.17) is 5.73 Å². The molecule has 0 radical (unpaired) electrons. The maximum Gasteiger partial charge on any atom is 0.260 e. The van der Waals surface area contributed by atoms with Gasteiger partial charge in [0.15, 0.2) is 21.5 Å². The molecule has 10 heteroatoms. The lowest BCUT2D eigenvalue weighted by Crippen LogP contribution is -2.31. The highest BCUT2D eigenvalue weighted by atomic mass is 32.2. The van der Waals surface area contributed by atoms with Gasteiger partial charge in [-0.1, -0.05) is 12.1 Å². The lowest BCUT2D eigenvalue weighted by molar-refractivity contribution is 0.0984. The number of carbonyl (C=O) groups is 1. The van der Waals surface area contributed by atoms with E-state index in [2.05, 4.69) is 9.97 Å². The SMILES string of the molecule is CS(=O)(=O)c1cc(F)ccc1N(Cc1ccc2cc(F)c(N)nc2c1)C(=O)c1cccnc1. The summed E-state index contributed by atoms with van der Waals surface area (Å²) >= 11 is 0. The molecule has 0 unspecified atom stereocenters. The first kappa shape index (κ1) is 22.3. The molecule has 0 saturated carbocycles. The fraction of sp³-hybridized carbons (Fsp3) is 0.0870. The number of rotatable bonds is 5. The van der Waals surface area contributed by atoms with Crippen molar-refractivity contribution in [3.8, 4) is 0 Å². The Labute approximate surface area is 188 Å². The maximum absolute atomic E-state index is 13.9. The van der Waals surface area contributed by atoms with Crippen LogP contribution in [0, 0.1) is 11.6 Å². The fourth-order valence-electron chi connectivity index (χ4n) is 3.40. The number of aromatic nitrogens is 2. The number of nitrogens with zero attached hydrogens (tertiary/aromatic N) is 3. The first-order valence-corrected chi connectivity index (χ1v) is 11.6. The number of benzene rings is 2. The second-order valence-corrected chi connectivity index (χ2v) is 9.38. The summed E-state index contributed by atoms with van der Waals surface area (Å²) in [5, 5.41) is 0.509. The third-order valence-corrected chi connectivity index (χ3v) is 6.10. The number of pyridine rings is 2. The summed E-state index contributed by atoms with van der Waals surface area (Å²) in [5.74, 6) is -2.19. The van der Waals surface area contributed by atoms with E-state index >= 15 is 0 Å². The normalized spacial score (nSPS) is 11.5. The van der Waals surface area contributed by atoms with E-state index in [1.54, 1.807) is 24.3 Å². The molecule has 0 aliphatic carbocycles. The maximum atomic E-state index is 13.9.